The van der Waals surface area contributed by atoms with Crippen molar-refractivity contribution >= 4 is 27.2 Å². The molecule has 5 N–H and O–H groups in total. The summed E-state index contributed by atoms with van der Waals surface area (Å²) in [5, 5.41) is 30.5. The molecule has 0 fully saturated rings. The standard InChI is InChI=1S/C21H27N5O5S/c1-2-13(11-31-32(22,29)30)18(27)21(28)26-10-9-16-19(23-12-24-20(16)26)25-17-8-7-14-5-3-4-6-15(14)17/h3-6,9-10,12-13,17-18,21,27-28H,2,7-8,11H2,1H3,(H2,22,29,30)(H,23,24,25)/t13-,17-,18+,21+/m0/s1. The Morgan fingerprint density at radius 3 is 2.81 bits per heavy atom. The van der Waals surface area contributed by atoms with Crippen LogP contribution in [0.2, 0.25) is 0 Å². The summed E-state index contributed by atoms with van der Waals surface area (Å²) < 4.78 is 28.2. The predicted molar refractivity (Wildman–Crippen MR) is 119 cm³/mol. The van der Waals surface area contributed by atoms with Crippen LogP contribution < -0.4 is 10.5 Å². The van der Waals surface area contributed by atoms with Crippen molar-refractivity contribution in [2.45, 2.75) is 44.6 Å². The number of nitrogens with zero attached hydrogens (tertiary/aromatic N) is 3. The summed E-state index contributed by atoms with van der Waals surface area (Å²) in [6, 6.07) is 10.2. The van der Waals surface area contributed by atoms with Crippen LogP contribution in [0.3, 0.4) is 0 Å². The highest BCUT2D eigenvalue weighted by atomic mass is 32.2. The van der Waals surface area contributed by atoms with Crippen LogP contribution in [0.25, 0.3) is 11.0 Å². The zero-order chi connectivity index (χ0) is 22.9. The van der Waals surface area contributed by atoms with Gasteiger partial charge in [0.2, 0.25) is 0 Å². The van der Waals surface area contributed by atoms with Crippen LogP contribution in [0.4, 0.5) is 5.82 Å². The SMILES string of the molecule is CC[C@@H](COS(N)(=O)=O)[C@@H](O)[C@@H](O)n1ccc2c(N[C@H]3CCc4ccccc43)ncnc21. The van der Waals surface area contributed by atoms with Crippen LogP contribution in [0.5, 0.6) is 0 Å². The largest absolute Gasteiger partial charge is 0.388 e. The molecule has 172 valence electrons. The summed E-state index contributed by atoms with van der Waals surface area (Å²) in [6.07, 6.45) is 2.68. The number of nitrogens with one attached hydrogen (secondary N) is 1. The molecule has 0 aliphatic heterocycles. The van der Waals surface area contributed by atoms with Crippen molar-refractivity contribution in [1.82, 2.24) is 14.5 Å². The Labute approximate surface area is 186 Å². The monoisotopic (exact) mass is 461 g/mol. The molecule has 0 radical (unpaired) electrons. The van der Waals surface area contributed by atoms with Crippen molar-refractivity contribution < 1.29 is 22.8 Å². The minimum absolute atomic E-state index is 0.128. The highest BCUT2D eigenvalue weighted by Crippen LogP contribution is 2.35. The highest BCUT2D eigenvalue weighted by Gasteiger charge is 2.29. The normalized spacial score (nSPS) is 18.9. The Morgan fingerprint density at radius 2 is 2.06 bits per heavy atom. The molecule has 0 unspecified atom stereocenters. The number of aromatic nitrogens is 3. The molecule has 3 aromatic rings. The number of nitrogens with two attached hydrogens (primary N) is 1. The molecule has 0 saturated heterocycles. The zero-order valence-electron chi connectivity index (χ0n) is 17.6. The van der Waals surface area contributed by atoms with E-state index in [0.717, 1.165) is 12.8 Å². The first-order valence-electron chi connectivity index (χ1n) is 10.5. The van der Waals surface area contributed by atoms with E-state index in [9.17, 15) is 18.6 Å². The summed E-state index contributed by atoms with van der Waals surface area (Å²) >= 11 is 0. The minimum Gasteiger partial charge on any atom is -0.388 e. The quantitative estimate of drug-likeness (QED) is 0.375. The lowest BCUT2D eigenvalue weighted by molar-refractivity contribution is -0.0659. The molecule has 32 heavy (non-hydrogen) atoms. The molecule has 0 spiro atoms. The number of aliphatic hydroxyl groups excluding tert-OH is 2. The average molecular weight is 462 g/mol. The van der Waals surface area contributed by atoms with Crippen LogP contribution >= 0.6 is 0 Å². The Hall–Kier alpha value is -2.57. The number of aryl methyl sites for hydroxylation is 1. The van der Waals surface area contributed by atoms with E-state index >= 15 is 0 Å². The molecule has 1 aliphatic rings. The van der Waals surface area contributed by atoms with Crippen molar-refractivity contribution in [3.8, 4) is 0 Å². The molecular formula is C21H27N5O5S. The van der Waals surface area contributed by atoms with Gasteiger partial charge >= 0.3 is 10.3 Å². The summed E-state index contributed by atoms with van der Waals surface area (Å²) in [4.78, 5) is 8.68. The van der Waals surface area contributed by atoms with Gasteiger partial charge in [0.05, 0.1) is 18.0 Å². The van der Waals surface area contributed by atoms with Gasteiger partial charge in [-0.05, 0) is 36.5 Å². The maximum atomic E-state index is 11.1. The Bertz CT molecular complexity index is 1200. The number of benzene rings is 1. The van der Waals surface area contributed by atoms with Crippen LogP contribution in [0, 0.1) is 5.92 Å². The molecule has 1 aliphatic carbocycles. The average Bonchev–Trinajstić information content (AvgIpc) is 3.38. The number of rotatable bonds is 9. The van der Waals surface area contributed by atoms with E-state index in [1.165, 1.54) is 22.0 Å². The number of hydrogen-bond donors (Lipinski definition) is 4. The van der Waals surface area contributed by atoms with Gasteiger partial charge in [-0.1, -0.05) is 31.2 Å². The summed E-state index contributed by atoms with van der Waals surface area (Å²) in [5.41, 5.74) is 3.01. The number of hydrogen-bond acceptors (Lipinski definition) is 8. The second-order valence-corrected chi connectivity index (χ2v) is 9.19. The van der Waals surface area contributed by atoms with Crippen molar-refractivity contribution in [2.24, 2.45) is 11.1 Å². The van der Waals surface area contributed by atoms with Crippen molar-refractivity contribution in [1.29, 1.82) is 0 Å². The van der Waals surface area contributed by atoms with Gasteiger partial charge in [-0.2, -0.15) is 8.42 Å². The van der Waals surface area contributed by atoms with E-state index in [1.807, 2.05) is 12.1 Å². The number of anilines is 1. The summed E-state index contributed by atoms with van der Waals surface area (Å²) in [7, 11) is -4.14. The van der Waals surface area contributed by atoms with Crippen LogP contribution in [0.15, 0.2) is 42.9 Å². The maximum Gasteiger partial charge on any atom is 0.333 e. The van der Waals surface area contributed by atoms with Crippen molar-refractivity contribution in [3.63, 3.8) is 0 Å². The third-order valence-electron chi connectivity index (χ3n) is 6.00. The third-order valence-corrected chi connectivity index (χ3v) is 6.46. The van der Waals surface area contributed by atoms with Crippen LogP contribution in [-0.2, 0) is 20.9 Å². The van der Waals surface area contributed by atoms with Crippen molar-refractivity contribution in [3.05, 3.63) is 54.0 Å². The molecule has 2 heterocycles. The summed E-state index contributed by atoms with van der Waals surface area (Å²) in [6.45, 7) is 1.42. The van der Waals surface area contributed by atoms with Gasteiger partial charge < -0.3 is 20.1 Å². The fourth-order valence-electron chi connectivity index (χ4n) is 4.22. The van der Waals surface area contributed by atoms with Gasteiger partial charge in [-0.15, -0.1) is 0 Å². The first-order valence-corrected chi connectivity index (χ1v) is 11.9. The summed E-state index contributed by atoms with van der Waals surface area (Å²) in [5.74, 6) is -0.0167. The van der Waals surface area contributed by atoms with Crippen molar-refractivity contribution in [2.75, 3.05) is 11.9 Å². The third kappa shape index (κ3) is 4.62. The van der Waals surface area contributed by atoms with E-state index in [-0.39, 0.29) is 12.6 Å². The topological polar surface area (TPSA) is 153 Å². The molecule has 10 nitrogen and oxygen atoms in total. The number of fused-ring (bicyclic) bond motifs is 2. The smallest absolute Gasteiger partial charge is 0.333 e. The number of aliphatic hydroxyl groups is 2. The van der Waals surface area contributed by atoms with Gasteiger partial charge in [0.25, 0.3) is 0 Å². The van der Waals surface area contributed by atoms with E-state index in [2.05, 4.69) is 31.6 Å². The first-order chi connectivity index (χ1) is 15.3. The lowest BCUT2D eigenvalue weighted by Gasteiger charge is -2.26. The molecule has 11 heteroatoms. The molecule has 4 rings (SSSR count). The Kier molecular flexibility index (Phi) is 6.45. The van der Waals surface area contributed by atoms with Gasteiger partial charge in [0.15, 0.2) is 6.23 Å². The molecule has 4 atom stereocenters. The van der Waals surface area contributed by atoms with E-state index in [0.29, 0.717) is 23.3 Å². The van der Waals surface area contributed by atoms with Gasteiger partial charge in [0.1, 0.15) is 23.9 Å². The molecule has 1 aromatic carbocycles. The fourth-order valence-corrected chi connectivity index (χ4v) is 4.58. The zero-order valence-corrected chi connectivity index (χ0v) is 18.4. The maximum absolute atomic E-state index is 11.1. The van der Waals surface area contributed by atoms with E-state index in [4.69, 9.17) is 5.14 Å². The predicted octanol–water partition coefficient (Wildman–Crippen LogP) is 1.63. The highest BCUT2D eigenvalue weighted by molar-refractivity contribution is 7.84. The Balaban J connectivity index is 1.56. The fraction of sp³-hybridized carbons (Fsp3) is 0.429. The Morgan fingerprint density at radius 1 is 1.28 bits per heavy atom. The van der Waals surface area contributed by atoms with Crippen LogP contribution in [0.1, 0.15) is 43.2 Å². The molecule has 0 saturated carbocycles. The molecule has 2 aromatic heterocycles. The molecule has 0 amide bonds. The van der Waals surface area contributed by atoms with Gasteiger partial charge in [0, 0.05) is 12.1 Å². The van der Waals surface area contributed by atoms with Gasteiger partial charge in [-0.25, -0.2) is 15.1 Å². The molecular weight excluding hydrogens is 434 g/mol. The van der Waals surface area contributed by atoms with E-state index in [1.54, 1.807) is 19.2 Å². The lowest BCUT2D eigenvalue weighted by atomic mass is 9.99. The lowest BCUT2D eigenvalue weighted by Crippen LogP contribution is -2.34. The minimum atomic E-state index is -4.14. The molecule has 0 bridgehead atoms. The first kappa shape index (κ1) is 22.6. The van der Waals surface area contributed by atoms with E-state index < -0.39 is 28.6 Å². The van der Waals surface area contributed by atoms with Gasteiger partial charge in [-0.3, -0.25) is 4.18 Å². The second kappa shape index (κ2) is 9.12. The van der Waals surface area contributed by atoms with Crippen LogP contribution in [-0.4, -0.2) is 45.9 Å². The second-order valence-electron chi connectivity index (χ2n) is 7.97.